The Kier molecular flexibility index (Phi) is 4.71. The lowest BCUT2D eigenvalue weighted by Gasteiger charge is -2.33. The third kappa shape index (κ3) is 3.62. The van der Waals surface area contributed by atoms with Crippen LogP contribution in [-0.2, 0) is 0 Å². The van der Waals surface area contributed by atoms with E-state index in [4.69, 9.17) is 28.9 Å². The van der Waals surface area contributed by atoms with Crippen LogP contribution in [-0.4, -0.2) is 18.0 Å². The van der Waals surface area contributed by atoms with Crippen molar-refractivity contribution in [1.82, 2.24) is 5.32 Å². The highest BCUT2D eigenvalue weighted by atomic mass is 35.5. The first-order valence-electron chi connectivity index (χ1n) is 6.53. The van der Waals surface area contributed by atoms with E-state index in [1.807, 2.05) is 0 Å². The third-order valence-corrected chi connectivity index (χ3v) is 4.47. The number of hydrogen-bond donors (Lipinski definition) is 2. The van der Waals surface area contributed by atoms with Crippen molar-refractivity contribution in [1.29, 1.82) is 0 Å². The van der Waals surface area contributed by atoms with Gasteiger partial charge in [0, 0.05) is 12.1 Å². The number of amides is 1. The van der Waals surface area contributed by atoms with Crippen LogP contribution in [0.4, 0.5) is 0 Å². The topological polar surface area (TPSA) is 55.1 Å². The molecule has 1 aromatic carbocycles. The lowest BCUT2D eigenvalue weighted by atomic mass is 9.82. The highest BCUT2D eigenvalue weighted by Gasteiger charge is 2.28. The molecule has 1 amide bonds. The molecule has 0 aromatic heterocycles. The molecule has 1 aliphatic rings. The van der Waals surface area contributed by atoms with E-state index in [-0.39, 0.29) is 16.5 Å². The van der Waals surface area contributed by atoms with Gasteiger partial charge in [-0.3, -0.25) is 4.79 Å². The van der Waals surface area contributed by atoms with Gasteiger partial charge in [0.2, 0.25) is 0 Å². The summed E-state index contributed by atoms with van der Waals surface area (Å²) in [5.74, 6) is -0.220. The van der Waals surface area contributed by atoms with Crippen LogP contribution >= 0.6 is 23.2 Å². The average Bonchev–Trinajstić information content (AvgIpc) is 2.40. The Hall–Kier alpha value is -0.770. The predicted octanol–water partition coefficient (Wildman–Crippen LogP) is 3.38. The Labute approximate surface area is 123 Å². The van der Waals surface area contributed by atoms with Crippen LogP contribution in [0.15, 0.2) is 18.2 Å². The summed E-state index contributed by atoms with van der Waals surface area (Å²) < 4.78 is 0. The molecule has 0 saturated heterocycles. The third-order valence-electron chi connectivity index (χ3n) is 3.65. The quantitative estimate of drug-likeness (QED) is 0.899. The predicted molar refractivity (Wildman–Crippen MR) is 78.8 cm³/mol. The van der Waals surface area contributed by atoms with Crippen molar-refractivity contribution >= 4 is 29.1 Å². The number of benzene rings is 1. The molecule has 0 aliphatic heterocycles. The first kappa shape index (κ1) is 14.6. The molecule has 5 heteroatoms. The fourth-order valence-electron chi connectivity index (χ4n) is 2.46. The molecule has 0 unspecified atom stereocenters. The molecule has 0 heterocycles. The lowest BCUT2D eigenvalue weighted by Crippen LogP contribution is -2.51. The summed E-state index contributed by atoms with van der Waals surface area (Å²) in [7, 11) is 0. The molecule has 104 valence electrons. The van der Waals surface area contributed by atoms with E-state index in [0.29, 0.717) is 17.1 Å². The average molecular weight is 301 g/mol. The van der Waals surface area contributed by atoms with Crippen LogP contribution in [0.25, 0.3) is 0 Å². The Morgan fingerprint density at radius 3 is 2.63 bits per heavy atom. The van der Waals surface area contributed by atoms with Crippen molar-refractivity contribution in [2.75, 3.05) is 6.54 Å². The molecule has 1 fully saturated rings. The van der Waals surface area contributed by atoms with Crippen LogP contribution in [0, 0.1) is 0 Å². The minimum atomic E-state index is -0.279. The highest BCUT2D eigenvalue weighted by Crippen LogP contribution is 2.27. The van der Waals surface area contributed by atoms with Crippen molar-refractivity contribution in [2.24, 2.45) is 5.73 Å². The van der Waals surface area contributed by atoms with Crippen molar-refractivity contribution in [3.8, 4) is 0 Å². The summed E-state index contributed by atoms with van der Waals surface area (Å²) in [6, 6.07) is 5.03. The molecule has 19 heavy (non-hydrogen) atoms. The second-order valence-corrected chi connectivity index (χ2v) is 5.99. The zero-order valence-electron chi connectivity index (χ0n) is 10.7. The zero-order chi connectivity index (χ0) is 13.9. The second-order valence-electron chi connectivity index (χ2n) is 5.21. The minimum Gasteiger partial charge on any atom is -0.350 e. The van der Waals surface area contributed by atoms with Crippen molar-refractivity contribution in [3.05, 3.63) is 33.8 Å². The molecule has 1 saturated carbocycles. The smallest absolute Gasteiger partial charge is 0.252 e. The van der Waals surface area contributed by atoms with E-state index in [2.05, 4.69) is 5.32 Å². The molecule has 3 nitrogen and oxygen atoms in total. The summed E-state index contributed by atoms with van der Waals surface area (Å²) in [6.45, 7) is 0.481. The Morgan fingerprint density at radius 2 is 1.95 bits per heavy atom. The van der Waals surface area contributed by atoms with E-state index in [0.717, 1.165) is 25.7 Å². The van der Waals surface area contributed by atoms with Gasteiger partial charge in [-0.15, -0.1) is 0 Å². The van der Waals surface area contributed by atoms with Gasteiger partial charge >= 0.3 is 0 Å². The number of nitrogens with one attached hydrogen (secondary N) is 1. The molecule has 0 atom stereocenters. The molecule has 2 rings (SSSR count). The molecule has 1 aromatic rings. The van der Waals surface area contributed by atoms with E-state index in [1.54, 1.807) is 18.2 Å². The lowest BCUT2D eigenvalue weighted by molar-refractivity contribution is 0.0938. The number of nitrogens with two attached hydrogens (primary N) is 1. The summed E-state index contributed by atoms with van der Waals surface area (Å²) in [5.41, 5.74) is 6.40. The van der Waals surface area contributed by atoms with Gasteiger partial charge in [0.1, 0.15) is 0 Å². The van der Waals surface area contributed by atoms with Gasteiger partial charge in [0.25, 0.3) is 5.91 Å². The van der Waals surface area contributed by atoms with Gasteiger partial charge in [0.15, 0.2) is 0 Å². The van der Waals surface area contributed by atoms with Crippen LogP contribution in [0.1, 0.15) is 42.5 Å². The highest BCUT2D eigenvalue weighted by molar-refractivity contribution is 6.43. The normalized spacial score (nSPS) is 18.1. The fourth-order valence-corrected chi connectivity index (χ4v) is 2.85. The number of hydrogen-bond acceptors (Lipinski definition) is 2. The van der Waals surface area contributed by atoms with Gasteiger partial charge in [0.05, 0.1) is 15.6 Å². The molecule has 0 spiro atoms. The van der Waals surface area contributed by atoms with Gasteiger partial charge in [-0.2, -0.15) is 0 Å². The molecule has 0 radical (unpaired) electrons. The van der Waals surface area contributed by atoms with Crippen LogP contribution < -0.4 is 11.1 Å². The molecule has 0 bridgehead atoms. The van der Waals surface area contributed by atoms with E-state index < -0.39 is 0 Å². The molecule has 1 aliphatic carbocycles. The van der Waals surface area contributed by atoms with Crippen LogP contribution in [0.3, 0.4) is 0 Å². The monoisotopic (exact) mass is 300 g/mol. The summed E-state index contributed by atoms with van der Waals surface area (Å²) >= 11 is 11.9. The summed E-state index contributed by atoms with van der Waals surface area (Å²) in [6.07, 6.45) is 5.40. The van der Waals surface area contributed by atoms with Crippen LogP contribution in [0.5, 0.6) is 0 Å². The van der Waals surface area contributed by atoms with E-state index in [9.17, 15) is 4.79 Å². The number of halogens is 2. The van der Waals surface area contributed by atoms with Gasteiger partial charge in [-0.25, -0.2) is 0 Å². The Balaban J connectivity index is 1.99. The Morgan fingerprint density at radius 1 is 1.26 bits per heavy atom. The Bertz CT molecular complexity index is 471. The van der Waals surface area contributed by atoms with Crippen molar-refractivity contribution < 1.29 is 4.79 Å². The van der Waals surface area contributed by atoms with Crippen LogP contribution in [0.2, 0.25) is 10.0 Å². The van der Waals surface area contributed by atoms with Crippen molar-refractivity contribution in [2.45, 2.75) is 37.6 Å². The summed E-state index contributed by atoms with van der Waals surface area (Å²) in [5, 5.41) is 3.54. The maximum atomic E-state index is 12.1. The maximum Gasteiger partial charge on any atom is 0.252 e. The number of carbonyl (C=O) groups excluding carboxylic acids is 1. The number of carbonyl (C=O) groups is 1. The second kappa shape index (κ2) is 6.12. The largest absolute Gasteiger partial charge is 0.350 e. The molecular formula is C14H18Cl2N2O. The van der Waals surface area contributed by atoms with Gasteiger partial charge in [-0.05, 0) is 25.0 Å². The van der Waals surface area contributed by atoms with Gasteiger partial charge < -0.3 is 11.1 Å². The molecule has 3 N–H and O–H groups in total. The van der Waals surface area contributed by atoms with E-state index in [1.165, 1.54) is 6.42 Å². The first-order chi connectivity index (χ1) is 9.02. The molecular weight excluding hydrogens is 283 g/mol. The van der Waals surface area contributed by atoms with Gasteiger partial charge in [-0.1, -0.05) is 48.5 Å². The maximum absolute atomic E-state index is 12.1. The SMILES string of the molecule is NC1(CNC(=O)c2cccc(Cl)c2Cl)CCCCC1. The zero-order valence-corrected chi connectivity index (χ0v) is 12.2. The number of rotatable bonds is 3. The minimum absolute atomic E-state index is 0.220. The van der Waals surface area contributed by atoms with E-state index >= 15 is 0 Å². The summed E-state index contributed by atoms with van der Waals surface area (Å²) in [4.78, 5) is 12.1. The standard InChI is InChI=1S/C14H18Cl2N2O/c15-11-6-4-5-10(12(11)16)13(19)18-9-14(17)7-2-1-3-8-14/h4-6H,1-3,7-9,17H2,(H,18,19). The fraction of sp³-hybridized carbons (Fsp3) is 0.500. The van der Waals surface area contributed by atoms with Crippen molar-refractivity contribution in [3.63, 3.8) is 0 Å². The first-order valence-corrected chi connectivity index (χ1v) is 7.28.